The van der Waals surface area contributed by atoms with E-state index in [1.807, 2.05) is 0 Å². The van der Waals surface area contributed by atoms with E-state index in [9.17, 15) is 9.18 Å². The normalized spacial score (nSPS) is 10.1. The summed E-state index contributed by atoms with van der Waals surface area (Å²) in [4.78, 5) is 15.7. The van der Waals surface area contributed by atoms with Gasteiger partial charge in [0.1, 0.15) is 5.82 Å². The maximum absolute atomic E-state index is 13.5. The predicted octanol–water partition coefficient (Wildman–Crippen LogP) is 2.82. The molecule has 1 amide bonds. The molecule has 0 aliphatic carbocycles. The Balaban J connectivity index is 2.25. The SMILES string of the molecule is Nc1ccc(C(=O)Nc2ccncc2Br)c(F)c1. The van der Waals surface area contributed by atoms with E-state index in [1.54, 1.807) is 6.07 Å². The third-order valence-corrected chi connectivity index (χ3v) is 2.89. The number of nitrogens with two attached hydrogens (primary N) is 1. The van der Waals surface area contributed by atoms with Crippen LogP contribution in [-0.4, -0.2) is 10.9 Å². The lowest BCUT2D eigenvalue weighted by Crippen LogP contribution is -2.14. The third kappa shape index (κ3) is 2.65. The first-order valence-electron chi connectivity index (χ1n) is 5.04. The zero-order chi connectivity index (χ0) is 13.1. The molecule has 4 nitrogen and oxygen atoms in total. The van der Waals surface area contributed by atoms with Crippen LogP contribution in [0.1, 0.15) is 10.4 Å². The van der Waals surface area contributed by atoms with Crippen molar-refractivity contribution < 1.29 is 9.18 Å². The number of rotatable bonds is 2. The molecule has 1 aromatic carbocycles. The van der Waals surface area contributed by atoms with Crippen LogP contribution in [0.4, 0.5) is 15.8 Å². The molecule has 1 aromatic heterocycles. The quantitative estimate of drug-likeness (QED) is 0.838. The van der Waals surface area contributed by atoms with Crippen LogP contribution in [-0.2, 0) is 0 Å². The number of benzene rings is 1. The zero-order valence-corrected chi connectivity index (χ0v) is 10.7. The van der Waals surface area contributed by atoms with Crippen molar-refractivity contribution in [1.29, 1.82) is 0 Å². The number of carbonyl (C=O) groups excluding carboxylic acids is 1. The highest BCUT2D eigenvalue weighted by Gasteiger charge is 2.13. The lowest BCUT2D eigenvalue weighted by atomic mass is 10.2. The first kappa shape index (κ1) is 12.5. The molecule has 0 radical (unpaired) electrons. The molecule has 0 saturated heterocycles. The van der Waals surface area contributed by atoms with Gasteiger partial charge in [-0.1, -0.05) is 0 Å². The van der Waals surface area contributed by atoms with Gasteiger partial charge in [-0.3, -0.25) is 9.78 Å². The smallest absolute Gasteiger partial charge is 0.258 e. The minimum absolute atomic E-state index is 0.0621. The minimum atomic E-state index is -0.655. The average molecular weight is 310 g/mol. The van der Waals surface area contributed by atoms with E-state index >= 15 is 0 Å². The van der Waals surface area contributed by atoms with Crippen LogP contribution in [0, 0.1) is 5.82 Å². The lowest BCUT2D eigenvalue weighted by Gasteiger charge is -2.07. The van der Waals surface area contributed by atoms with Crippen molar-refractivity contribution in [3.8, 4) is 0 Å². The number of hydrogen-bond donors (Lipinski definition) is 2. The molecule has 6 heteroatoms. The van der Waals surface area contributed by atoms with E-state index < -0.39 is 11.7 Å². The zero-order valence-electron chi connectivity index (χ0n) is 9.15. The Morgan fingerprint density at radius 1 is 1.39 bits per heavy atom. The second-order valence-corrected chi connectivity index (χ2v) is 4.40. The van der Waals surface area contributed by atoms with Crippen LogP contribution >= 0.6 is 15.9 Å². The summed E-state index contributed by atoms with van der Waals surface area (Å²) in [6, 6.07) is 5.53. The molecule has 0 aliphatic heterocycles. The number of pyridine rings is 1. The van der Waals surface area contributed by atoms with Crippen molar-refractivity contribution in [2.45, 2.75) is 0 Å². The van der Waals surface area contributed by atoms with E-state index in [1.165, 1.54) is 24.5 Å². The maximum Gasteiger partial charge on any atom is 0.258 e. The van der Waals surface area contributed by atoms with Gasteiger partial charge in [0.15, 0.2) is 0 Å². The average Bonchev–Trinajstić information content (AvgIpc) is 2.32. The first-order valence-corrected chi connectivity index (χ1v) is 5.83. The van der Waals surface area contributed by atoms with Crippen molar-refractivity contribution in [3.05, 3.63) is 52.5 Å². The molecule has 92 valence electrons. The fraction of sp³-hybridized carbons (Fsp3) is 0. The van der Waals surface area contributed by atoms with E-state index in [-0.39, 0.29) is 11.3 Å². The summed E-state index contributed by atoms with van der Waals surface area (Å²) in [5.41, 5.74) is 6.15. The van der Waals surface area contributed by atoms with E-state index in [2.05, 4.69) is 26.2 Å². The summed E-state index contributed by atoms with van der Waals surface area (Å²) in [5.74, 6) is -1.20. The third-order valence-electron chi connectivity index (χ3n) is 2.26. The molecular formula is C12H9BrFN3O. The molecule has 0 fully saturated rings. The second kappa shape index (κ2) is 5.14. The minimum Gasteiger partial charge on any atom is -0.399 e. The van der Waals surface area contributed by atoms with Gasteiger partial charge in [-0.15, -0.1) is 0 Å². The molecule has 0 atom stereocenters. The van der Waals surface area contributed by atoms with Crippen molar-refractivity contribution in [2.24, 2.45) is 0 Å². The summed E-state index contributed by atoms with van der Waals surface area (Å²) < 4.78 is 14.2. The van der Waals surface area contributed by atoms with E-state index in [4.69, 9.17) is 5.73 Å². The second-order valence-electron chi connectivity index (χ2n) is 3.55. The fourth-order valence-electron chi connectivity index (χ4n) is 1.38. The summed E-state index contributed by atoms with van der Waals surface area (Å²) in [7, 11) is 0. The van der Waals surface area contributed by atoms with Crippen LogP contribution in [0.25, 0.3) is 0 Å². The van der Waals surface area contributed by atoms with Gasteiger partial charge in [0.05, 0.1) is 15.7 Å². The van der Waals surface area contributed by atoms with Crippen LogP contribution in [0.15, 0.2) is 41.1 Å². The highest BCUT2D eigenvalue weighted by atomic mass is 79.9. The first-order chi connectivity index (χ1) is 8.58. The van der Waals surface area contributed by atoms with Crippen molar-refractivity contribution in [2.75, 3.05) is 11.1 Å². The van der Waals surface area contributed by atoms with Gasteiger partial charge in [-0.05, 0) is 40.2 Å². The highest BCUT2D eigenvalue weighted by molar-refractivity contribution is 9.10. The van der Waals surface area contributed by atoms with Crippen LogP contribution < -0.4 is 11.1 Å². The van der Waals surface area contributed by atoms with Gasteiger partial charge in [-0.25, -0.2) is 4.39 Å². The van der Waals surface area contributed by atoms with Crippen molar-refractivity contribution in [3.63, 3.8) is 0 Å². The van der Waals surface area contributed by atoms with Gasteiger partial charge in [0.25, 0.3) is 5.91 Å². The maximum atomic E-state index is 13.5. The fourth-order valence-corrected chi connectivity index (χ4v) is 1.73. The molecule has 0 aliphatic rings. The predicted molar refractivity (Wildman–Crippen MR) is 70.7 cm³/mol. The van der Waals surface area contributed by atoms with Gasteiger partial charge >= 0.3 is 0 Å². The van der Waals surface area contributed by atoms with Gasteiger partial charge in [-0.2, -0.15) is 0 Å². The summed E-state index contributed by atoms with van der Waals surface area (Å²) >= 11 is 3.24. The molecule has 1 heterocycles. The number of aromatic nitrogens is 1. The number of halogens is 2. The Morgan fingerprint density at radius 2 is 2.17 bits per heavy atom. The van der Waals surface area contributed by atoms with Gasteiger partial charge in [0.2, 0.25) is 0 Å². The standard InChI is InChI=1S/C12H9BrFN3O/c13-9-6-16-4-3-11(9)17-12(18)8-2-1-7(15)5-10(8)14/h1-6H,15H2,(H,16,17,18). The topological polar surface area (TPSA) is 68.0 Å². The van der Waals surface area contributed by atoms with E-state index in [0.29, 0.717) is 10.2 Å². The molecule has 18 heavy (non-hydrogen) atoms. The molecule has 3 N–H and O–H groups in total. The van der Waals surface area contributed by atoms with E-state index in [0.717, 1.165) is 6.07 Å². The van der Waals surface area contributed by atoms with Crippen LogP contribution in [0.5, 0.6) is 0 Å². The van der Waals surface area contributed by atoms with Crippen LogP contribution in [0.3, 0.4) is 0 Å². The Labute approximate surface area is 111 Å². The summed E-state index contributed by atoms with van der Waals surface area (Å²) in [5, 5.41) is 2.58. The van der Waals surface area contributed by atoms with Gasteiger partial charge in [0, 0.05) is 18.1 Å². The largest absolute Gasteiger partial charge is 0.399 e. The lowest BCUT2D eigenvalue weighted by molar-refractivity contribution is 0.102. The Hall–Kier alpha value is -1.95. The number of hydrogen-bond acceptors (Lipinski definition) is 3. The number of nitrogens with one attached hydrogen (secondary N) is 1. The molecule has 0 unspecified atom stereocenters. The number of carbonyl (C=O) groups is 1. The molecule has 0 spiro atoms. The summed E-state index contributed by atoms with van der Waals surface area (Å²) in [6.45, 7) is 0. The van der Waals surface area contributed by atoms with Crippen molar-refractivity contribution >= 4 is 33.2 Å². The van der Waals surface area contributed by atoms with Crippen molar-refractivity contribution in [1.82, 2.24) is 4.98 Å². The van der Waals surface area contributed by atoms with Gasteiger partial charge < -0.3 is 11.1 Å². The molecular weight excluding hydrogens is 301 g/mol. The Morgan fingerprint density at radius 3 is 2.83 bits per heavy atom. The number of amides is 1. The molecule has 2 aromatic rings. The Kier molecular flexibility index (Phi) is 3.57. The molecule has 0 saturated carbocycles. The summed E-state index contributed by atoms with van der Waals surface area (Å²) in [6.07, 6.45) is 3.06. The number of anilines is 2. The molecule has 0 bridgehead atoms. The number of nitrogens with zero attached hydrogens (tertiary/aromatic N) is 1. The monoisotopic (exact) mass is 309 g/mol. The number of nitrogen functional groups attached to an aromatic ring is 1. The molecule has 2 rings (SSSR count). The highest BCUT2D eigenvalue weighted by Crippen LogP contribution is 2.21. The van der Waals surface area contributed by atoms with Crippen LogP contribution in [0.2, 0.25) is 0 Å². The Bertz CT molecular complexity index is 604.